The Morgan fingerprint density at radius 3 is 2.27 bits per heavy atom. The lowest BCUT2D eigenvalue weighted by Crippen LogP contribution is -2.30. The van der Waals surface area contributed by atoms with Crippen LogP contribution in [0.15, 0.2) is 52.7 Å². The Hall–Kier alpha value is -2.84. The number of amidine groups is 1. The zero-order chi connectivity index (χ0) is 24.0. The lowest BCUT2D eigenvalue weighted by Gasteiger charge is -2.26. The minimum Gasteiger partial charge on any atom is -0.493 e. The molecule has 1 heterocycles. The zero-order valence-corrected chi connectivity index (χ0v) is 20.8. The average molecular weight is 491 g/mol. The van der Waals surface area contributed by atoms with E-state index in [2.05, 4.69) is 5.32 Å². The highest BCUT2D eigenvalue weighted by atomic mass is 35.5. The van der Waals surface area contributed by atoms with E-state index in [1.165, 1.54) is 11.8 Å². The second-order valence-corrected chi connectivity index (χ2v) is 8.50. The maximum absolute atomic E-state index is 12.8. The molecular weight excluding hydrogens is 464 g/mol. The molecule has 0 aromatic heterocycles. The standard InChI is InChI=1S/C24H27ClN2O5S/c1-6-32-23(28)20-14(2)26-24(33-13-15-7-9-17(25)10-8-15)27-21(20)16-11-18(29-3)22(31-5)19(12-16)30-4/h7-12,21H,6,13H2,1-5H3,(H,26,27)/t21-/m1/s1. The van der Waals surface area contributed by atoms with Gasteiger partial charge in [-0.15, -0.1) is 0 Å². The fourth-order valence-corrected chi connectivity index (χ4v) is 4.45. The molecule has 33 heavy (non-hydrogen) atoms. The number of carbonyl (C=O) groups is 1. The van der Waals surface area contributed by atoms with Gasteiger partial charge in [0.25, 0.3) is 0 Å². The fourth-order valence-electron chi connectivity index (χ4n) is 3.43. The number of nitrogens with one attached hydrogen (secondary N) is 1. The SMILES string of the molecule is CCOC(=O)C1=C(C)NC(SCc2ccc(Cl)cc2)=N[C@@H]1c1cc(OC)c(OC)c(OC)c1. The number of thioether (sulfide) groups is 1. The highest BCUT2D eigenvalue weighted by molar-refractivity contribution is 8.13. The predicted octanol–water partition coefficient (Wildman–Crippen LogP) is 5.14. The van der Waals surface area contributed by atoms with Gasteiger partial charge in [-0.3, -0.25) is 0 Å². The molecule has 176 valence electrons. The van der Waals surface area contributed by atoms with Crippen molar-refractivity contribution in [2.75, 3.05) is 27.9 Å². The Kier molecular flexibility index (Phi) is 8.52. The molecule has 0 saturated heterocycles. The van der Waals surface area contributed by atoms with E-state index in [1.54, 1.807) is 40.4 Å². The molecule has 1 aliphatic heterocycles. The average Bonchev–Trinajstić information content (AvgIpc) is 2.82. The number of esters is 1. The summed E-state index contributed by atoms with van der Waals surface area (Å²) >= 11 is 7.52. The summed E-state index contributed by atoms with van der Waals surface area (Å²) in [6, 6.07) is 10.7. The van der Waals surface area contributed by atoms with Gasteiger partial charge in [-0.25, -0.2) is 9.79 Å². The number of rotatable bonds is 8. The second kappa shape index (κ2) is 11.3. The molecule has 0 aliphatic carbocycles. The largest absolute Gasteiger partial charge is 0.493 e. The van der Waals surface area contributed by atoms with Gasteiger partial charge in [0, 0.05) is 16.5 Å². The Balaban J connectivity index is 2.01. The van der Waals surface area contributed by atoms with E-state index in [4.69, 9.17) is 35.5 Å². The fraction of sp³-hybridized carbons (Fsp3) is 0.333. The molecule has 1 atom stereocenters. The van der Waals surface area contributed by atoms with Gasteiger partial charge < -0.3 is 24.3 Å². The molecule has 0 fully saturated rings. The van der Waals surface area contributed by atoms with E-state index in [9.17, 15) is 4.79 Å². The van der Waals surface area contributed by atoms with E-state index < -0.39 is 12.0 Å². The normalized spacial score (nSPS) is 15.5. The van der Waals surface area contributed by atoms with Gasteiger partial charge in [-0.05, 0) is 49.2 Å². The lowest BCUT2D eigenvalue weighted by molar-refractivity contribution is -0.138. The molecule has 2 aromatic carbocycles. The minimum atomic E-state index is -0.605. The van der Waals surface area contributed by atoms with Crippen LogP contribution in [-0.2, 0) is 15.3 Å². The number of ether oxygens (including phenoxy) is 4. The molecule has 0 radical (unpaired) electrons. The van der Waals surface area contributed by atoms with Crippen LogP contribution in [0.2, 0.25) is 5.02 Å². The number of carbonyl (C=O) groups excluding carboxylic acids is 1. The van der Waals surface area contributed by atoms with Gasteiger partial charge in [0.05, 0.1) is 33.5 Å². The first-order valence-corrected chi connectivity index (χ1v) is 11.7. The lowest BCUT2D eigenvalue weighted by atomic mass is 9.96. The summed E-state index contributed by atoms with van der Waals surface area (Å²) in [5, 5.41) is 4.63. The highest BCUT2D eigenvalue weighted by Crippen LogP contribution is 2.43. The number of hydrogen-bond acceptors (Lipinski definition) is 8. The maximum atomic E-state index is 12.8. The van der Waals surface area contributed by atoms with Crippen molar-refractivity contribution in [1.82, 2.24) is 5.32 Å². The summed E-state index contributed by atoms with van der Waals surface area (Å²) in [6.45, 7) is 3.88. The first-order valence-electron chi connectivity index (χ1n) is 10.3. The third-order valence-electron chi connectivity index (χ3n) is 5.01. The van der Waals surface area contributed by atoms with Crippen molar-refractivity contribution in [2.45, 2.75) is 25.6 Å². The first kappa shape index (κ1) is 24.8. The van der Waals surface area contributed by atoms with Crippen molar-refractivity contribution in [3.63, 3.8) is 0 Å². The van der Waals surface area contributed by atoms with Crippen LogP contribution in [0.25, 0.3) is 0 Å². The summed E-state index contributed by atoms with van der Waals surface area (Å²) in [5.41, 5.74) is 2.94. The van der Waals surface area contributed by atoms with Crippen LogP contribution in [0.3, 0.4) is 0 Å². The molecule has 0 bridgehead atoms. The molecule has 0 spiro atoms. The third-order valence-corrected chi connectivity index (χ3v) is 6.22. The van der Waals surface area contributed by atoms with Crippen LogP contribution in [-0.4, -0.2) is 39.1 Å². The second-order valence-electron chi connectivity index (χ2n) is 7.09. The number of halogens is 1. The van der Waals surface area contributed by atoms with Crippen molar-refractivity contribution >= 4 is 34.5 Å². The van der Waals surface area contributed by atoms with Gasteiger partial charge >= 0.3 is 5.97 Å². The Morgan fingerprint density at radius 1 is 1.09 bits per heavy atom. The Morgan fingerprint density at radius 2 is 1.73 bits per heavy atom. The van der Waals surface area contributed by atoms with Crippen molar-refractivity contribution in [3.05, 3.63) is 63.8 Å². The molecule has 2 aromatic rings. The highest BCUT2D eigenvalue weighted by Gasteiger charge is 2.32. The molecular formula is C24H27ClN2O5S. The van der Waals surface area contributed by atoms with Crippen LogP contribution < -0.4 is 19.5 Å². The maximum Gasteiger partial charge on any atom is 0.338 e. The quantitative estimate of drug-likeness (QED) is 0.513. The summed E-state index contributed by atoms with van der Waals surface area (Å²) in [7, 11) is 4.64. The predicted molar refractivity (Wildman–Crippen MR) is 131 cm³/mol. The van der Waals surface area contributed by atoms with E-state index in [-0.39, 0.29) is 6.61 Å². The molecule has 0 amide bonds. The van der Waals surface area contributed by atoms with E-state index in [0.717, 1.165) is 11.1 Å². The number of aliphatic imine (C=N–C) groups is 1. The van der Waals surface area contributed by atoms with Crippen molar-refractivity contribution < 1.29 is 23.7 Å². The van der Waals surface area contributed by atoms with E-state index in [1.807, 2.05) is 31.2 Å². The number of methoxy groups -OCH3 is 3. The summed E-state index contributed by atoms with van der Waals surface area (Å²) < 4.78 is 21.8. The molecule has 0 unspecified atom stereocenters. The molecule has 9 heteroatoms. The number of hydrogen-bond donors (Lipinski definition) is 1. The first-order chi connectivity index (χ1) is 15.9. The number of benzene rings is 2. The van der Waals surface area contributed by atoms with Gasteiger partial charge in [-0.1, -0.05) is 35.5 Å². The Bertz CT molecular complexity index is 1040. The van der Waals surface area contributed by atoms with Gasteiger partial charge in [0.15, 0.2) is 16.7 Å². The van der Waals surface area contributed by atoms with Crippen LogP contribution in [0, 0.1) is 0 Å². The molecule has 3 rings (SSSR count). The summed E-state index contributed by atoms with van der Waals surface area (Å²) in [4.78, 5) is 17.7. The van der Waals surface area contributed by atoms with Crippen molar-refractivity contribution in [2.24, 2.45) is 4.99 Å². The molecule has 1 aliphatic rings. The topological polar surface area (TPSA) is 78.4 Å². The van der Waals surface area contributed by atoms with Crippen LogP contribution in [0.1, 0.15) is 31.0 Å². The molecule has 7 nitrogen and oxygen atoms in total. The summed E-state index contributed by atoms with van der Waals surface area (Å²) in [5.74, 6) is 1.70. The zero-order valence-electron chi connectivity index (χ0n) is 19.2. The van der Waals surface area contributed by atoms with Gasteiger partial charge in [0.1, 0.15) is 6.04 Å². The monoisotopic (exact) mass is 490 g/mol. The minimum absolute atomic E-state index is 0.263. The number of nitrogens with zero attached hydrogens (tertiary/aromatic N) is 1. The van der Waals surface area contributed by atoms with Crippen LogP contribution >= 0.6 is 23.4 Å². The third kappa shape index (κ3) is 5.75. The van der Waals surface area contributed by atoms with Gasteiger partial charge in [0.2, 0.25) is 5.75 Å². The van der Waals surface area contributed by atoms with Crippen molar-refractivity contribution in [1.29, 1.82) is 0 Å². The summed E-state index contributed by atoms with van der Waals surface area (Å²) in [6.07, 6.45) is 0. The number of allylic oxidation sites excluding steroid dienone is 1. The smallest absolute Gasteiger partial charge is 0.338 e. The molecule has 0 saturated carbocycles. The van der Waals surface area contributed by atoms with E-state index in [0.29, 0.717) is 44.5 Å². The van der Waals surface area contributed by atoms with E-state index >= 15 is 0 Å². The Labute approximate surface area is 203 Å². The van der Waals surface area contributed by atoms with Crippen LogP contribution in [0.5, 0.6) is 17.2 Å². The molecule has 1 N–H and O–H groups in total. The van der Waals surface area contributed by atoms with Gasteiger partial charge in [-0.2, -0.15) is 0 Å². The van der Waals surface area contributed by atoms with Crippen molar-refractivity contribution in [3.8, 4) is 17.2 Å². The van der Waals surface area contributed by atoms with Crippen LogP contribution in [0.4, 0.5) is 0 Å².